The Morgan fingerprint density at radius 2 is 1.58 bits per heavy atom. The zero-order chi connectivity index (χ0) is 9.72. The van der Waals surface area contributed by atoms with Crippen molar-refractivity contribution in [2.45, 2.75) is 47.5 Å². The van der Waals surface area contributed by atoms with Crippen LogP contribution in [0.25, 0.3) is 0 Å². The summed E-state index contributed by atoms with van der Waals surface area (Å²) in [5.41, 5.74) is 0. The smallest absolute Gasteiger partial charge is 0.0386 e. The van der Waals surface area contributed by atoms with Crippen LogP contribution in [-0.4, -0.2) is 0 Å². The van der Waals surface area contributed by atoms with Crippen molar-refractivity contribution in [3.05, 3.63) is 6.92 Å². The predicted molar refractivity (Wildman–Crippen MR) is 56.9 cm³/mol. The molecule has 0 saturated heterocycles. The molecule has 0 rings (SSSR count). The Balaban J connectivity index is 3.96. The molecule has 0 fully saturated rings. The molecule has 0 N–H and O–H groups in total. The fourth-order valence-electron chi connectivity index (χ4n) is 1.82. The Morgan fingerprint density at radius 3 is 1.83 bits per heavy atom. The van der Waals surface area contributed by atoms with Gasteiger partial charge in [0, 0.05) is 0 Å². The van der Waals surface area contributed by atoms with E-state index in [0.29, 0.717) is 5.92 Å². The summed E-state index contributed by atoms with van der Waals surface area (Å²) in [5, 5.41) is 0. The third-order valence-electron chi connectivity index (χ3n) is 2.94. The third-order valence-corrected chi connectivity index (χ3v) is 2.94. The van der Waals surface area contributed by atoms with E-state index in [2.05, 4.69) is 41.5 Å². The molecule has 0 aromatic heterocycles. The molecule has 12 heavy (non-hydrogen) atoms. The highest BCUT2D eigenvalue weighted by molar-refractivity contribution is 4.72. The van der Waals surface area contributed by atoms with Crippen molar-refractivity contribution in [1.29, 1.82) is 0 Å². The van der Waals surface area contributed by atoms with Gasteiger partial charge in [0.25, 0.3) is 0 Å². The summed E-state index contributed by atoms with van der Waals surface area (Å²) in [6.07, 6.45) is 2.66. The van der Waals surface area contributed by atoms with Crippen molar-refractivity contribution in [2.75, 3.05) is 0 Å². The molecule has 0 aliphatic rings. The van der Waals surface area contributed by atoms with Crippen LogP contribution in [0.15, 0.2) is 0 Å². The van der Waals surface area contributed by atoms with E-state index < -0.39 is 0 Å². The minimum absolute atomic E-state index is 0.591. The van der Waals surface area contributed by atoms with E-state index in [4.69, 9.17) is 0 Å². The SMILES string of the molecule is [CH2]C(C)C(C)C(CC)CC(C)C. The zero-order valence-corrected chi connectivity index (χ0v) is 9.43. The van der Waals surface area contributed by atoms with Crippen LogP contribution in [0.4, 0.5) is 0 Å². The first-order valence-electron chi connectivity index (χ1n) is 5.32. The first-order valence-corrected chi connectivity index (χ1v) is 5.32. The van der Waals surface area contributed by atoms with Gasteiger partial charge in [0.15, 0.2) is 0 Å². The molecular formula is C12H25. The second-order valence-electron chi connectivity index (χ2n) is 4.63. The van der Waals surface area contributed by atoms with Crippen LogP contribution < -0.4 is 0 Å². The van der Waals surface area contributed by atoms with Crippen molar-refractivity contribution in [1.82, 2.24) is 0 Å². The summed E-state index contributed by atoms with van der Waals surface area (Å²) in [5.74, 6) is 3.07. The molecule has 0 aliphatic carbocycles. The average Bonchev–Trinajstić information content (AvgIpc) is 1.98. The van der Waals surface area contributed by atoms with E-state index >= 15 is 0 Å². The molecule has 0 bridgehead atoms. The molecule has 0 heterocycles. The monoisotopic (exact) mass is 169 g/mol. The average molecular weight is 169 g/mol. The van der Waals surface area contributed by atoms with Gasteiger partial charge in [0.2, 0.25) is 0 Å². The van der Waals surface area contributed by atoms with Gasteiger partial charge in [-0.2, -0.15) is 0 Å². The van der Waals surface area contributed by atoms with Gasteiger partial charge < -0.3 is 0 Å². The second kappa shape index (κ2) is 5.61. The predicted octanol–water partition coefficient (Wildman–Crippen LogP) is 4.16. The first kappa shape index (κ1) is 12.0. The van der Waals surface area contributed by atoms with Crippen LogP contribution >= 0.6 is 0 Å². The molecule has 0 saturated carbocycles. The Kier molecular flexibility index (Phi) is 5.61. The largest absolute Gasteiger partial charge is 0.0651 e. The maximum atomic E-state index is 4.11. The maximum absolute atomic E-state index is 4.11. The van der Waals surface area contributed by atoms with Crippen LogP contribution in [0.3, 0.4) is 0 Å². The normalized spacial score (nSPS) is 17.0. The first-order chi connectivity index (χ1) is 5.49. The molecular weight excluding hydrogens is 144 g/mol. The van der Waals surface area contributed by atoms with Gasteiger partial charge in [-0.1, -0.05) is 48.0 Å². The number of hydrogen-bond donors (Lipinski definition) is 0. The van der Waals surface area contributed by atoms with Crippen LogP contribution in [0.5, 0.6) is 0 Å². The zero-order valence-electron chi connectivity index (χ0n) is 9.43. The van der Waals surface area contributed by atoms with Crippen LogP contribution in [-0.2, 0) is 0 Å². The Hall–Kier alpha value is 0. The molecule has 0 spiro atoms. The molecule has 0 heteroatoms. The lowest BCUT2D eigenvalue weighted by atomic mass is 9.79. The van der Waals surface area contributed by atoms with Gasteiger partial charge in [-0.3, -0.25) is 0 Å². The van der Waals surface area contributed by atoms with Crippen molar-refractivity contribution >= 4 is 0 Å². The Bertz CT molecular complexity index is 103. The standard InChI is InChI=1S/C12H25/c1-7-12(8-9(2)3)11(6)10(4)5/h9-12H,4,7-8H2,1-3,5-6H3. The molecule has 3 atom stereocenters. The van der Waals surface area contributed by atoms with Crippen molar-refractivity contribution in [3.8, 4) is 0 Å². The lowest BCUT2D eigenvalue weighted by molar-refractivity contribution is 0.247. The molecule has 0 aromatic rings. The minimum Gasteiger partial charge on any atom is -0.0651 e. The number of rotatable bonds is 5. The van der Waals surface area contributed by atoms with Crippen molar-refractivity contribution in [2.24, 2.45) is 23.7 Å². The van der Waals surface area contributed by atoms with E-state index in [1.54, 1.807) is 0 Å². The minimum atomic E-state index is 0.591. The summed E-state index contributed by atoms with van der Waals surface area (Å²) in [7, 11) is 0. The Morgan fingerprint density at radius 1 is 1.08 bits per heavy atom. The lowest BCUT2D eigenvalue weighted by Gasteiger charge is -2.27. The van der Waals surface area contributed by atoms with E-state index in [1.807, 2.05) is 0 Å². The molecule has 0 aromatic carbocycles. The molecule has 73 valence electrons. The van der Waals surface area contributed by atoms with Gasteiger partial charge >= 0.3 is 0 Å². The third kappa shape index (κ3) is 4.13. The van der Waals surface area contributed by atoms with E-state index in [1.165, 1.54) is 12.8 Å². The summed E-state index contributed by atoms with van der Waals surface area (Å²) in [6, 6.07) is 0. The summed E-state index contributed by atoms with van der Waals surface area (Å²) >= 11 is 0. The van der Waals surface area contributed by atoms with Crippen LogP contribution in [0.1, 0.15) is 47.5 Å². The van der Waals surface area contributed by atoms with Gasteiger partial charge in [-0.05, 0) is 30.1 Å². The van der Waals surface area contributed by atoms with Gasteiger partial charge in [-0.25, -0.2) is 0 Å². The van der Waals surface area contributed by atoms with E-state index in [-0.39, 0.29) is 0 Å². The van der Waals surface area contributed by atoms with Gasteiger partial charge in [0.05, 0.1) is 0 Å². The van der Waals surface area contributed by atoms with Crippen molar-refractivity contribution < 1.29 is 0 Å². The van der Waals surface area contributed by atoms with E-state index in [0.717, 1.165) is 17.8 Å². The Labute approximate surface area is 78.8 Å². The summed E-state index contributed by atoms with van der Waals surface area (Å²) < 4.78 is 0. The lowest BCUT2D eigenvalue weighted by Crippen LogP contribution is -2.18. The van der Waals surface area contributed by atoms with Crippen molar-refractivity contribution in [3.63, 3.8) is 0 Å². The van der Waals surface area contributed by atoms with Gasteiger partial charge in [-0.15, -0.1) is 0 Å². The van der Waals surface area contributed by atoms with Crippen LogP contribution in [0.2, 0.25) is 0 Å². The number of hydrogen-bond acceptors (Lipinski definition) is 0. The summed E-state index contributed by atoms with van der Waals surface area (Å²) in [6.45, 7) is 15.6. The molecule has 3 unspecified atom stereocenters. The highest BCUT2D eigenvalue weighted by Crippen LogP contribution is 2.28. The highest BCUT2D eigenvalue weighted by atomic mass is 14.2. The fraction of sp³-hybridized carbons (Fsp3) is 0.917. The summed E-state index contributed by atoms with van der Waals surface area (Å²) in [4.78, 5) is 0. The molecule has 0 amide bonds. The molecule has 0 aliphatic heterocycles. The van der Waals surface area contributed by atoms with E-state index in [9.17, 15) is 0 Å². The molecule has 1 radical (unpaired) electrons. The fourth-order valence-corrected chi connectivity index (χ4v) is 1.82. The van der Waals surface area contributed by atoms with Crippen LogP contribution in [0, 0.1) is 30.6 Å². The maximum Gasteiger partial charge on any atom is -0.0386 e. The topological polar surface area (TPSA) is 0 Å². The highest BCUT2D eigenvalue weighted by Gasteiger charge is 2.19. The second-order valence-corrected chi connectivity index (χ2v) is 4.63. The van der Waals surface area contributed by atoms with Gasteiger partial charge in [0.1, 0.15) is 0 Å². The molecule has 0 nitrogen and oxygen atoms in total. The quantitative estimate of drug-likeness (QED) is 0.579.